The summed E-state index contributed by atoms with van der Waals surface area (Å²) >= 11 is 0. The summed E-state index contributed by atoms with van der Waals surface area (Å²) in [6, 6.07) is 15.0. The summed E-state index contributed by atoms with van der Waals surface area (Å²) in [5, 5.41) is 3.32. The maximum atomic E-state index is 13.1. The second-order valence-electron chi connectivity index (χ2n) is 9.68. The Labute approximate surface area is 186 Å². The van der Waals surface area contributed by atoms with Crippen molar-refractivity contribution in [1.82, 2.24) is 20.1 Å². The van der Waals surface area contributed by atoms with Crippen molar-refractivity contribution in [2.45, 2.75) is 57.7 Å². The average Bonchev–Trinajstić information content (AvgIpc) is 2.81. The predicted molar refractivity (Wildman–Crippen MR) is 124 cm³/mol. The number of benzene rings is 1. The third-order valence-corrected chi connectivity index (χ3v) is 6.96. The number of likely N-dealkylation sites (tertiary alicyclic amines) is 2. The Morgan fingerprint density at radius 2 is 1.84 bits per heavy atom. The number of amides is 1. The van der Waals surface area contributed by atoms with Gasteiger partial charge in [0.25, 0.3) is 0 Å². The number of pyridine rings is 1. The first-order valence-electron chi connectivity index (χ1n) is 11.7. The molecule has 1 N–H and O–H groups in total. The second kappa shape index (κ2) is 9.92. The van der Waals surface area contributed by atoms with E-state index in [-0.39, 0.29) is 17.4 Å². The lowest BCUT2D eigenvalue weighted by Crippen LogP contribution is -2.52. The van der Waals surface area contributed by atoms with Gasteiger partial charge in [-0.2, -0.15) is 0 Å². The summed E-state index contributed by atoms with van der Waals surface area (Å²) in [5.41, 5.74) is 2.09. The fraction of sp³-hybridized carbons (Fsp3) is 0.538. The van der Waals surface area contributed by atoms with E-state index in [0.717, 1.165) is 51.1 Å². The lowest BCUT2D eigenvalue weighted by atomic mass is 9.90. The van der Waals surface area contributed by atoms with Crippen LogP contribution >= 0.6 is 0 Å². The standard InChI is InChI=1S/C26H36N4O/c1-26(2,23-10-4-3-5-11-23)28-25(31)22-9-7-15-30(20-22)24-12-16-29(17-13-24)19-21-8-6-14-27-18-21/h3-6,8,10-11,14,18,22,24H,7,9,12-13,15-17,19-20H2,1-2H3,(H,28,31). The molecule has 2 aliphatic heterocycles. The van der Waals surface area contributed by atoms with Crippen molar-refractivity contribution in [2.75, 3.05) is 26.2 Å². The summed E-state index contributed by atoms with van der Waals surface area (Å²) in [6.45, 7) is 9.43. The number of rotatable bonds is 6. The van der Waals surface area contributed by atoms with Crippen molar-refractivity contribution in [2.24, 2.45) is 5.92 Å². The molecule has 0 radical (unpaired) electrons. The molecular weight excluding hydrogens is 384 g/mol. The molecule has 166 valence electrons. The maximum Gasteiger partial charge on any atom is 0.225 e. The normalized spacial score (nSPS) is 21.7. The lowest BCUT2D eigenvalue weighted by molar-refractivity contribution is -0.129. The van der Waals surface area contributed by atoms with Crippen LogP contribution in [0.5, 0.6) is 0 Å². The zero-order valence-corrected chi connectivity index (χ0v) is 19.0. The molecule has 1 atom stereocenters. The zero-order chi connectivity index (χ0) is 21.7. The highest BCUT2D eigenvalue weighted by molar-refractivity contribution is 5.80. The van der Waals surface area contributed by atoms with Gasteiger partial charge in [-0.1, -0.05) is 36.4 Å². The van der Waals surface area contributed by atoms with Gasteiger partial charge in [0.15, 0.2) is 0 Å². The summed E-state index contributed by atoms with van der Waals surface area (Å²) < 4.78 is 0. The number of nitrogens with zero attached hydrogens (tertiary/aromatic N) is 3. The molecule has 2 aliphatic rings. The van der Waals surface area contributed by atoms with Crippen LogP contribution in [-0.4, -0.2) is 52.9 Å². The van der Waals surface area contributed by atoms with Crippen LogP contribution in [0, 0.1) is 5.92 Å². The molecule has 1 aromatic heterocycles. The maximum absolute atomic E-state index is 13.1. The lowest BCUT2D eigenvalue weighted by Gasteiger charge is -2.42. The van der Waals surface area contributed by atoms with Crippen LogP contribution in [0.1, 0.15) is 50.7 Å². The molecule has 4 rings (SSSR count). The van der Waals surface area contributed by atoms with Gasteiger partial charge < -0.3 is 5.32 Å². The van der Waals surface area contributed by atoms with Crippen molar-refractivity contribution >= 4 is 5.91 Å². The quantitative estimate of drug-likeness (QED) is 0.772. The summed E-state index contributed by atoms with van der Waals surface area (Å²) in [4.78, 5) is 22.5. The molecule has 0 saturated carbocycles. The van der Waals surface area contributed by atoms with Crippen molar-refractivity contribution in [3.8, 4) is 0 Å². The zero-order valence-electron chi connectivity index (χ0n) is 19.0. The number of nitrogens with one attached hydrogen (secondary N) is 1. The van der Waals surface area contributed by atoms with Crippen molar-refractivity contribution in [3.05, 3.63) is 66.0 Å². The van der Waals surface area contributed by atoms with Crippen LogP contribution in [0.2, 0.25) is 0 Å². The molecule has 0 spiro atoms. The number of hydrogen-bond acceptors (Lipinski definition) is 4. The Morgan fingerprint density at radius 1 is 1.06 bits per heavy atom. The molecule has 2 fully saturated rings. The minimum absolute atomic E-state index is 0.0881. The Morgan fingerprint density at radius 3 is 2.55 bits per heavy atom. The minimum atomic E-state index is -0.349. The molecule has 31 heavy (non-hydrogen) atoms. The van der Waals surface area contributed by atoms with Gasteiger partial charge in [0, 0.05) is 31.5 Å². The number of piperidine rings is 2. The first kappa shape index (κ1) is 22.0. The highest BCUT2D eigenvalue weighted by Crippen LogP contribution is 2.26. The second-order valence-corrected chi connectivity index (χ2v) is 9.68. The van der Waals surface area contributed by atoms with Gasteiger partial charge in [0.1, 0.15) is 0 Å². The van der Waals surface area contributed by atoms with Crippen LogP contribution in [-0.2, 0) is 16.9 Å². The van der Waals surface area contributed by atoms with Crippen molar-refractivity contribution in [1.29, 1.82) is 0 Å². The average molecular weight is 421 g/mol. The van der Waals surface area contributed by atoms with Crippen molar-refractivity contribution < 1.29 is 4.79 Å². The van der Waals surface area contributed by atoms with Crippen LogP contribution in [0.15, 0.2) is 54.9 Å². The smallest absolute Gasteiger partial charge is 0.225 e. The molecule has 3 heterocycles. The molecule has 0 bridgehead atoms. The van der Waals surface area contributed by atoms with Gasteiger partial charge in [-0.25, -0.2) is 0 Å². The Bertz CT molecular complexity index is 831. The van der Waals surface area contributed by atoms with Gasteiger partial charge in [0.2, 0.25) is 5.91 Å². The van der Waals surface area contributed by atoms with Gasteiger partial charge in [-0.3, -0.25) is 19.6 Å². The number of hydrogen-bond donors (Lipinski definition) is 1. The first-order chi connectivity index (χ1) is 15.0. The van der Waals surface area contributed by atoms with Crippen LogP contribution in [0.4, 0.5) is 0 Å². The Hall–Kier alpha value is -2.24. The number of carbonyl (C=O) groups excluding carboxylic acids is 1. The molecule has 2 aromatic rings. The molecule has 1 amide bonds. The first-order valence-corrected chi connectivity index (χ1v) is 11.7. The summed E-state index contributed by atoms with van der Waals surface area (Å²) in [7, 11) is 0. The minimum Gasteiger partial charge on any atom is -0.347 e. The molecular formula is C26H36N4O. The molecule has 5 nitrogen and oxygen atoms in total. The van der Waals surface area contributed by atoms with Crippen LogP contribution < -0.4 is 5.32 Å². The van der Waals surface area contributed by atoms with E-state index in [1.54, 1.807) is 0 Å². The largest absolute Gasteiger partial charge is 0.347 e. The van der Waals surface area contributed by atoms with Gasteiger partial charge >= 0.3 is 0 Å². The third-order valence-electron chi connectivity index (χ3n) is 6.96. The van der Waals surface area contributed by atoms with Crippen molar-refractivity contribution in [3.63, 3.8) is 0 Å². The van der Waals surface area contributed by atoms with E-state index in [1.807, 2.05) is 36.7 Å². The van der Waals surface area contributed by atoms with E-state index in [9.17, 15) is 4.79 Å². The van der Waals surface area contributed by atoms with E-state index in [1.165, 1.54) is 18.4 Å². The fourth-order valence-electron chi connectivity index (χ4n) is 5.08. The topological polar surface area (TPSA) is 48.5 Å². The third kappa shape index (κ3) is 5.72. The molecule has 2 saturated heterocycles. The van der Waals surface area contributed by atoms with Gasteiger partial charge in [0.05, 0.1) is 11.5 Å². The molecule has 1 aromatic carbocycles. The summed E-state index contributed by atoms with van der Waals surface area (Å²) in [6.07, 6.45) is 8.28. The van der Waals surface area contributed by atoms with Crippen LogP contribution in [0.25, 0.3) is 0 Å². The Kier molecular flexibility index (Phi) is 7.03. The fourth-order valence-corrected chi connectivity index (χ4v) is 5.08. The van der Waals surface area contributed by atoms with E-state index in [2.05, 4.69) is 52.1 Å². The van der Waals surface area contributed by atoms with Crippen LogP contribution in [0.3, 0.4) is 0 Å². The highest BCUT2D eigenvalue weighted by Gasteiger charge is 2.33. The van der Waals surface area contributed by atoms with Gasteiger partial charge in [-0.15, -0.1) is 0 Å². The van der Waals surface area contributed by atoms with E-state index in [0.29, 0.717) is 6.04 Å². The predicted octanol–water partition coefficient (Wildman–Crippen LogP) is 3.81. The molecule has 0 aliphatic carbocycles. The molecule has 1 unspecified atom stereocenters. The highest BCUT2D eigenvalue weighted by atomic mass is 16.2. The number of aromatic nitrogens is 1. The summed E-state index contributed by atoms with van der Waals surface area (Å²) in [5.74, 6) is 0.290. The monoisotopic (exact) mass is 420 g/mol. The number of carbonyl (C=O) groups is 1. The van der Waals surface area contributed by atoms with E-state index in [4.69, 9.17) is 0 Å². The van der Waals surface area contributed by atoms with Gasteiger partial charge in [-0.05, 0) is 76.4 Å². The van der Waals surface area contributed by atoms with E-state index >= 15 is 0 Å². The Balaban J connectivity index is 1.28. The SMILES string of the molecule is CC(C)(NC(=O)C1CCCN(C2CCN(Cc3cccnc3)CC2)C1)c1ccccc1. The molecule has 5 heteroatoms. The van der Waals surface area contributed by atoms with E-state index < -0.39 is 0 Å².